The van der Waals surface area contributed by atoms with Crippen LogP contribution in [0.4, 0.5) is 0 Å². The Kier molecular flexibility index (Phi) is 3.65. The lowest BCUT2D eigenvalue weighted by molar-refractivity contribution is 0.606. The van der Waals surface area contributed by atoms with E-state index in [1.54, 1.807) is 5.56 Å². The molecular weight excluding hydrogens is 194 g/mol. The van der Waals surface area contributed by atoms with E-state index in [-0.39, 0.29) is 0 Å². The quantitative estimate of drug-likeness (QED) is 0.759. The maximum absolute atomic E-state index is 3.49. The normalized spacial score (nSPS) is 21.8. The van der Waals surface area contributed by atoms with Crippen molar-refractivity contribution in [3.8, 4) is 0 Å². The van der Waals surface area contributed by atoms with E-state index in [1.807, 2.05) is 0 Å². The fourth-order valence-electron chi connectivity index (χ4n) is 2.75. The van der Waals surface area contributed by atoms with E-state index in [9.17, 15) is 0 Å². The van der Waals surface area contributed by atoms with Crippen molar-refractivity contribution in [2.45, 2.75) is 46.0 Å². The van der Waals surface area contributed by atoms with Gasteiger partial charge in [0.2, 0.25) is 0 Å². The molecule has 1 unspecified atom stereocenters. The molecule has 1 aliphatic rings. The summed E-state index contributed by atoms with van der Waals surface area (Å²) in [5.74, 6) is 0.772. The molecule has 0 aromatic heterocycles. The Morgan fingerprint density at radius 1 is 0.938 bits per heavy atom. The third-order valence-electron chi connectivity index (χ3n) is 3.90. The molecule has 1 N–H and O–H groups in total. The van der Waals surface area contributed by atoms with E-state index in [0.29, 0.717) is 0 Å². The monoisotopic (exact) mass is 217 g/mol. The second-order valence-corrected chi connectivity index (χ2v) is 5.17. The molecule has 1 aromatic rings. The Labute approximate surface area is 99.3 Å². The van der Waals surface area contributed by atoms with Crippen LogP contribution >= 0.6 is 0 Å². The van der Waals surface area contributed by atoms with Gasteiger partial charge < -0.3 is 5.32 Å². The minimum absolute atomic E-state index is 0.772. The van der Waals surface area contributed by atoms with E-state index in [4.69, 9.17) is 0 Å². The summed E-state index contributed by atoms with van der Waals surface area (Å²) >= 11 is 0. The van der Waals surface area contributed by atoms with Gasteiger partial charge in [0.05, 0.1) is 0 Å². The number of benzene rings is 1. The third-order valence-corrected chi connectivity index (χ3v) is 3.90. The molecule has 1 saturated heterocycles. The molecule has 0 bridgehead atoms. The van der Waals surface area contributed by atoms with Gasteiger partial charge >= 0.3 is 0 Å². The summed E-state index contributed by atoms with van der Waals surface area (Å²) in [6.45, 7) is 9.07. The number of nitrogens with one attached hydrogen (secondary N) is 1. The lowest BCUT2D eigenvalue weighted by Gasteiger charge is -2.18. The number of hydrogen-bond acceptors (Lipinski definition) is 1. The van der Waals surface area contributed by atoms with Crippen LogP contribution in [0.15, 0.2) is 12.1 Å². The van der Waals surface area contributed by atoms with Crippen molar-refractivity contribution < 1.29 is 0 Å². The minimum atomic E-state index is 0.772. The Balaban J connectivity index is 2.27. The van der Waals surface area contributed by atoms with Crippen LogP contribution < -0.4 is 5.32 Å². The first-order chi connectivity index (χ1) is 7.68. The molecule has 1 aliphatic heterocycles. The molecule has 2 rings (SSSR count). The highest BCUT2D eigenvalue weighted by atomic mass is 14.8. The molecule has 0 radical (unpaired) electrons. The molecule has 1 heterocycles. The molecule has 1 aromatic carbocycles. The van der Waals surface area contributed by atoms with Gasteiger partial charge in [-0.25, -0.2) is 0 Å². The fraction of sp³-hybridized carbons (Fsp3) is 0.600. The predicted octanol–water partition coefficient (Wildman–Crippen LogP) is 3.47. The first-order valence-electron chi connectivity index (χ1n) is 6.47. The SMILES string of the molecule is Cc1cc(C)c(C2CCCNCC2)cc1C. The summed E-state index contributed by atoms with van der Waals surface area (Å²) in [6.07, 6.45) is 3.96. The maximum Gasteiger partial charge on any atom is -0.00431 e. The maximum atomic E-state index is 3.49. The van der Waals surface area contributed by atoms with Crippen LogP contribution in [0.5, 0.6) is 0 Å². The van der Waals surface area contributed by atoms with E-state index < -0.39 is 0 Å². The summed E-state index contributed by atoms with van der Waals surface area (Å²) < 4.78 is 0. The van der Waals surface area contributed by atoms with Crippen LogP contribution in [0.2, 0.25) is 0 Å². The Morgan fingerprint density at radius 3 is 2.50 bits per heavy atom. The van der Waals surface area contributed by atoms with Gasteiger partial charge in [-0.05, 0) is 81.3 Å². The summed E-state index contributed by atoms with van der Waals surface area (Å²) in [5, 5.41) is 3.49. The van der Waals surface area contributed by atoms with Crippen molar-refractivity contribution in [1.29, 1.82) is 0 Å². The topological polar surface area (TPSA) is 12.0 Å². The Bertz CT molecular complexity index is 360. The van der Waals surface area contributed by atoms with Crippen molar-refractivity contribution in [3.05, 3.63) is 34.4 Å². The molecule has 1 atom stereocenters. The number of hydrogen-bond donors (Lipinski definition) is 1. The number of rotatable bonds is 1. The van der Waals surface area contributed by atoms with Gasteiger partial charge in [0.15, 0.2) is 0 Å². The average Bonchev–Trinajstić information content (AvgIpc) is 2.52. The van der Waals surface area contributed by atoms with Crippen LogP contribution in [0, 0.1) is 20.8 Å². The molecule has 88 valence electrons. The average molecular weight is 217 g/mol. The lowest BCUT2D eigenvalue weighted by Crippen LogP contribution is -2.14. The number of aryl methyl sites for hydroxylation is 3. The van der Waals surface area contributed by atoms with E-state index in [1.165, 1.54) is 49.0 Å². The third kappa shape index (κ3) is 2.46. The molecule has 0 saturated carbocycles. The highest BCUT2D eigenvalue weighted by molar-refractivity contribution is 5.38. The Morgan fingerprint density at radius 2 is 1.69 bits per heavy atom. The zero-order valence-electron chi connectivity index (χ0n) is 10.8. The lowest BCUT2D eigenvalue weighted by atomic mass is 9.87. The smallest absolute Gasteiger partial charge is 0.00431 e. The van der Waals surface area contributed by atoms with Crippen molar-refractivity contribution in [3.63, 3.8) is 0 Å². The van der Waals surface area contributed by atoms with Crippen molar-refractivity contribution in [2.75, 3.05) is 13.1 Å². The minimum Gasteiger partial charge on any atom is -0.317 e. The highest BCUT2D eigenvalue weighted by Crippen LogP contribution is 2.30. The van der Waals surface area contributed by atoms with E-state index in [0.717, 1.165) is 5.92 Å². The summed E-state index contributed by atoms with van der Waals surface area (Å²) in [4.78, 5) is 0. The molecule has 0 aliphatic carbocycles. The standard InChI is InChI=1S/C15H23N/c1-11-9-13(3)15(10-12(11)2)14-5-4-7-16-8-6-14/h9-10,14,16H,4-8H2,1-3H3. The van der Waals surface area contributed by atoms with Crippen LogP contribution in [0.3, 0.4) is 0 Å². The second kappa shape index (κ2) is 5.01. The van der Waals surface area contributed by atoms with Gasteiger partial charge in [0.25, 0.3) is 0 Å². The fourth-order valence-corrected chi connectivity index (χ4v) is 2.75. The van der Waals surface area contributed by atoms with Crippen molar-refractivity contribution >= 4 is 0 Å². The van der Waals surface area contributed by atoms with Crippen LogP contribution in [-0.4, -0.2) is 13.1 Å². The molecule has 0 spiro atoms. The molecule has 16 heavy (non-hydrogen) atoms. The molecule has 1 heteroatoms. The molecule has 0 amide bonds. The highest BCUT2D eigenvalue weighted by Gasteiger charge is 2.16. The van der Waals surface area contributed by atoms with E-state index >= 15 is 0 Å². The zero-order chi connectivity index (χ0) is 11.5. The predicted molar refractivity (Wildman–Crippen MR) is 70.1 cm³/mol. The summed E-state index contributed by atoms with van der Waals surface area (Å²) in [6, 6.07) is 4.77. The van der Waals surface area contributed by atoms with Gasteiger partial charge in [-0.2, -0.15) is 0 Å². The first kappa shape index (κ1) is 11.7. The summed E-state index contributed by atoms with van der Waals surface area (Å²) in [7, 11) is 0. The van der Waals surface area contributed by atoms with Gasteiger partial charge in [-0.15, -0.1) is 0 Å². The second-order valence-electron chi connectivity index (χ2n) is 5.17. The van der Waals surface area contributed by atoms with Gasteiger partial charge in [0.1, 0.15) is 0 Å². The zero-order valence-corrected chi connectivity index (χ0v) is 10.8. The van der Waals surface area contributed by atoms with Crippen LogP contribution in [0.25, 0.3) is 0 Å². The Hall–Kier alpha value is -0.820. The summed E-state index contributed by atoms with van der Waals surface area (Å²) in [5.41, 5.74) is 5.94. The molecular formula is C15H23N. The van der Waals surface area contributed by atoms with E-state index in [2.05, 4.69) is 38.2 Å². The van der Waals surface area contributed by atoms with Crippen molar-refractivity contribution in [2.24, 2.45) is 0 Å². The molecule has 1 nitrogen and oxygen atoms in total. The van der Waals surface area contributed by atoms with Crippen LogP contribution in [0.1, 0.15) is 47.4 Å². The first-order valence-corrected chi connectivity index (χ1v) is 6.47. The molecule has 1 fully saturated rings. The van der Waals surface area contributed by atoms with Gasteiger partial charge in [0, 0.05) is 0 Å². The van der Waals surface area contributed by atoms with Crippen molar-refractivity contribution in [1.82, 2.24) is 5.32 Å². The largest absolute Gasteiger partial charge is 0.317 e. The van der Waals surface area contributed by atoms with Gasteiger partial charge in [-0.3, -0.25) is 0 Å². The van der Waals surface area contributed by atoms with Crippen LogP contribution in [-0.2, 0) is 0 Å². The van der Waals surface area contributed by atoms with Gasteiger partial charge in [-0.1, -0.05) is 12.1 Å².